The molecule has 3 heteroatoms. The van der Waals surface area contributed by atoms with Gasteiger partial charge in [0.1, 0.15) is 12.8 Å². The van der Waals surface area contributed by atoms with Gasteiger partial charge in [-0.05, 0) is 12.0 Å². The molecule has 0 bridgehead atoms. The van der Waals surface area contributed by atoms with E-state index in [0.29, 0.717) is 6.61 Å². The second-order valence-electron chi connectivity index (χ2n) is 3.25. The van der Waals surface area contributed by atoms with Crippen molar-refractivity contribution in [3.8, 4) is 0 Å². The van der Waals surface area contributed by atoms with E-state index in [1.807, 2.05) is 30.3 Å². The van der Waals surface area contributed by atoms with Gasteiger partial charge in [0.15, 0.2) is 0 Å². The minimum atomic E-state index is -0.339. The fourth-order valence-electron chi connectivity index (χ4n) is 1.42. The Labute approximate surface area is 82.4 Å². The summed E-state index contributed by atoms with van der Waals surface area (Å²) in [4.78, 5) is 14.8. The number of carbonyl (C=O) groups excluding carboxylic acids is 1. The third-order valence-corrected chi connectivity index (χ3v) is 2.12. The third kappa shape index (κ3) is 2.19. The Hall–Kier alpha value is -1.64. The lowest BCUT2D eigenvalue weighted by Crippen LogP contribution is -2.25. The quantitative estimate of drug-likeness (QED) is 0.656. The molecule has 0 unspecified atom stereocenters. The molecule has 3 nitrogen and oxygen atoms in total. The second kappa shape index (κ2) is 4.05. The van der Waals surface area contributed by atoms with Crippen molar-refractivity contribution in [1.82, 2.24) is 0 Å². The summed E-state index contributed by atoms with van der Waals surface area (Å²) in [5.74, 6) is -0.339. The van der Waals surface area contributed by atoms with Crippen molar-refractivity contribution < 1.29 is 9.53 Å². The van der Waals surface area contributed by atoms with Gasteiger partial charge in [-0.15, -0.1) is 0 Å². The van der Waals surface area contributed by atoms with E-state index in [4.69, 9.17) is 4.74 Å². The van der Waals surface area contributed by atoms with Gasteiger partial charge in [0.25, 0.3) is 0 Å². The number of hydrogen-bond acceptors (Lipinski definition) is 3. The van der Waals surface area contributed by atoms with E-state index in [9.17, 15) is 4.79 Å². The van der Waals surface area contributed by atoms with Gasteiger partial charge >= 0.3 is 5.97 Å². The molecule has 72 valence electrons. The molecular weight excluding hydrogens is 178 g/mol. The van der Waals surface area contributed by atoms with Crippen molar-refractivity contribution in [3.05, 3.63) is 35.9 Å². The monoisotopic (exact) mass is 189 g/mol. The maximum absolute atomic E-state index is 10.7. The van der Waals surface area contributed by atoms with Crippen molar-refractivity contribution in [1.29, 1.82) is 0 Å². The highest BCUT2D eigenvalue weighted by Crippen LogP contribution is 2.08. The number of rotatable bonds is 2. The van der Waals surface area contributed by atoms with Crippen LogP contribution in [0, 0.1) is 0 Å². The minimum Gasteiger partial charge on any atom is -0.459 e. The van der Waals surface area contributed by atoms with E-state index in [2.05, 4.69) is 4.99 Å². The fourth-order valence-corrected chi connectivity index (χ4v) is 1.42. The van der Waals surface area contributed by atoms with Crippen molar-refractivity contribution >= 4 is 12.2 Å². The molecule has 0 saturated heterocycles. The molecule has 0 radical (unpaired) electrons. The molecule has 0 N–H and O–H groups in total. The first-order valence-electron chi connectivity index (χ1n) is 4.58. The number of benzene rings is 1. The molecule has 0 fully saturated rings. The summed E-state index contributed by atoms with van der Waals surface area (Å²) in [6.45, 7) is 0.393. The molecule has 1 aromatic rings. The van der Waals surface area contributed by atoms with Gasteiger partial charge in [-0.2, -0.15) is 0 Å². The summed E-state index contributed by atoms with van der Waals surface area (Å²) in [5.41, 5.74) is 1.22. The number of esters is 1. The summed E-state index contributed by atoms with van der Waals surface area (Å²) >= 11 is 0. The molecule has 1 aromatic carbocycles. The Balaban J connectivity index is 1.99. The van der Waals surface area contributed by atoms with Crippen LogP contribution in [0.1, 0.15) is 5.56 Å². The average molecular weight is 189 g/mol. The van der Waals surface area contributed by atoms with Crippen LogP contribution in [0.5, 0.6) is 0 Å². The lowest BCUT2D eigenvalue weighted by atomic mass is 10.1. The first-order valence-corrected chi connectivity index (χ1v) is 4.58. The Morgan fingerprint density at radius 2 is 2.14 bits per heavy atom. The molecule has 0 spiro atoms. The number of nitrogens with zero attached hydrogens (tertiary/aromatic N) is 1. The molecule has 1 aliphatic rings. The van der Waals surface area contributed by atoms with Gasteiger partial charge in [-0.3, -0.25) is 4.99 Å². The number of cyclic esters (lactones) is 1. The topological polar surface area (TPSA) is 38.7 Å². The van der Waals surface area contributed by atoms with Crippen LogP contribution < -0.4 is 0 Å². The number of ether oxygens (including phenoxy) is 1. The standard InChI is InChI=1S/C11H11NO2/c13-11-7-12-10(8-14-11)6-9-4-2-1-3-5-9/h1-5,7,10H,6,8H2/t10-/m0/s1. The number of carbonyl (C=O) groups is 1. The van der Waals surface area contributed by atoms with Gasteiger partial charge in [0.2, 0.25) is 0 Å². The van der Waals surface area contributed by atoms with Gasteiger partial charge in [-0.25, -0.2) is 4.79 Å². The van der Waals surface area contributed by atoms with Crippen LogP contribution in [0.3, 0.4) is 0 Å². The lowest BCUT2D eigenvalue weighted by molar-refractivity contribution is -0.136. The summed E-state index contributed by atoms with van der Waals surface area (Å²) in [5, 5.41) is 0. The van der Waals surface area contributed by atoms with E-state index in [1.54, 1.807) is 0 Å². The highest BCUT2D eigenvalue weighted by Gasteiger charge is 2.14. The van der Waals surface area contributed by atoms with Crippen molar-refractivity contribution in [2.75, 3.05) is 6.61 Å². The Bertz CT molecular complexity index is 346. The first kappa shape index (κ1) is 8.94. The van der Waals surface area contributed by atoms with E-state index >= 15 is 0 Å². The third-order valence-electron chi connectivity index (χ3n) is 2.12. The normalized spacial score (nSPS) is 20.6. The van der Waals surface area contributed by atoms with Gasteiger partial charge in [0.05, 0.1) is 6.04 Å². The predicted octanol–water partition coefficient (Wildman–Crippen LogP) is 1.23. The fraction of sp³-hybridized carbons (Fsp3) is 0.273. The molecule has 1 atom stereocenters. The second-order valence-corrected chi connectivity index (χ2v) is 3.25. The first-order chi connectivity index (χ1) is 6.84. The SMILES string of the molecule is O=C1C=N[C@@H](Cc2ccccc2)CO1. The summed E-state index contributed by atoms with van der Waals surface area (Å²) in [6.07, 6.45) is 2.09. The van der Waals surface area contributed by atoms with E-state index in [-0.39, 0.29) is 12.0 Å². The molecule has 0 saturated carbocycles. The molecule has 1 heterocycles. The zero-order valence-corrected chi connectivity index (χ0v) is 7.72. The summed E-state index contributed by atoms with van der Waals surface area (Å²) < 4.78 is 4.87. The Kier molecular flexibility index (Phi) is 2.58. The molecule has 0 amide bonds. The van der Waals surface area contributed by atoms with Crippen LogP contribution in [-0.4, -0.2) is 24.8 Å². The van der Waals surface area contributed by atoms with Crippen LogP contribution in [-0.2, 0) is 16.0 Å². The van der Waals surface area contributed by atoms with Crippen LogP contribution >= 0.6 is 0 Å². The molecule has 14 heavy (non-hydrogen) atoms. The van der Waals surface area contributed by atoms with Gasteiger partial charge < -0.3 is 4.74 Å². The molecular formula is C11H11NO2. The molecule has 2 rings (SSSR count). The van der Waals surface area contributed by atoms with Crippen LogP contribution in [0.2, 0.25) is 0 Å². The maximum atomic E-state index is 10.7. The largest absolute Gasteiger partial charge is 0.459 e. The summed E-state index contributed by atoms with van der Waals surface area (Å²) in [6, 6.07) is 10.1. The highest BCUT2D eigenvalue weighted by molar-refractivity contribution is 6.23. The predicted molar refractivity (Wildman–Crippen MR) is 53.4 cm³/mol. The van der Waals surface area contributed by atoms with Crippen LogP contribution in [0.15, 0.2) is 35.3 Å². The molecule has 1 aliphatic heterocycles. The van der Waals surface area contributed by atoms with Gasteiger partial charge in [0, 0.05) is 0 Å². The van der Waals surface area contributed by atoms with E-state index < -0.39 is 0 Å². The number of aliphatic imine (C=N–C) groups is 1. The Morgan fingerprint density at radius 3 is 2.79 bits per heavy atom. The van der Waals surface area contributed by atoms with Crippen molar-refractivity contribution in [3.63, 3.8) is 0 Å². The van der Waals surface area contributed by atoms with Crippen molar-refractivity contribution in [2.45, 2.75) is 12.5 Å². The van der Waals surface area contributed by atoms with E-state index in [1.165, 1.54) is 11.8 Å². The highest BCUT2D eigenvalue weighted by atomic mass is 16.5. The number of hydrogen-bond donors (Lipinski definition) is 0. The summed E-state index contributed by atoms with van der Waals surface area (Å²) in [7, 11) is 0. The smallest absolute Gasteiger partial charge is 0.349 e. The Morgan fingerprint density at radius 1 is 1.36 bits per heavy atom. The van der Waals surface area contributed by atoms with Gasteiger partial charge in [-0.1, -0.05) is 30.3 Å². The molecule has 0 aromatic heterocycles. The zero-order valence-electron chi connectivity index (χ0n) is 7.72. The van der Waals surface area contributed by atoms with Crippen LogP contribution in [0.25, 0.3) is 0 Å². The average Bonchev–Trinajstić information content (AvgIpc) is 2.23. The minimum absolute atomic E-state index is 0.0788. The van der Waals surface area contributed by atoms with Crippen LogP contribution in [0.4, 0.5) is 0 Å². The van der Waals surface area contributed by atoms with Crippen molar-refractivity contribution in [2.24, 2.45) is 4.99 Å². The van der Waals surface area contributed by atoms with E-state index in [0.717, 1.165) is 6.42 Å². The molecule has 0 aliphatic carbocycles. The zero-order chi connectivity index (χ0) is 9.80. The lowest BCUT2D eigenvalue weighted by Gasteiger charge is -2.15. The maximum Gasteiger partial charge on any atom is 0.349 e.